The van der Waals surface area contributed by atoms with Crippen molar-refractivity contribution in [3.05, 3.63) is 24.3 Å². The van der Waals surface area contributed by atoms with Gasteiger partial charge in [-0.2, -0.15) is 0 Å². The van der Waals surface area contributed by atoms with Gasteiger partial charge < -0.3 is 64.2 Å². The van der Waals surface area contributed by atoms with Crippen molar-refractivity contribution in [2.24, 2.45) is 0 Å². The summed E-state index contributed by atoms with van der Waals surface area (Å²) in [4.78, 5) is 25.7. The molecule has 0 amide bonds. The number of rotatable bonds is 44. The van der Waals surface area contributed by atoms with Crippen LogP contribution in [0.5, 0.6) is 0 Å². The first-order valence-corrected chi connectivity index (χ1v) is 28.0. The van der Waals surface area contributed by atoms with E-state index in [1.165, 1.54) is 160 Å². The molecule has 2 aliphatic rings. The molecule has 0 aromatic carbocycles. The Labute approximate surface area is 422 Å². The van der Waals surface area contributed by atoms with E-state index in [0.717, 1.165) is 38.5 Å². The van der Waals surface area contributed by atoms with Crippen molar-refractivity contribution in [2.45, 2.75) is 287 Å². The molecule has 11 atom stereocenters. The van der Waals surface area contributed by atoms with Crippen LogP contribution in [0, 0.1) is 0 Å². The molecule has 2 heterocycles. The van der Waals surface area contributed by atoms with Crippen LogP contribution in [-0.4, -0.2) is 142 Å². The van der Waals surface area contributed by atoms with Crippen molar-refractivity contribution < 1.29 is 73.8 Å². The van der Waals surface area contributed by atoms with Gasteiger partial charge in [0.2, 0.25) is 0 Å². The molecular formula is C55H100O15. The molecule has 410 valence electrons. The SMILES string of the molecule is CCCCCCCCCCCCC/C=C/C=C/C(=O)O[C@@H](COC(=O)CCCCCCCCCCCCCCCCCCCCC)CO[C@@H]1O[C@H](CO[C@@H]2O[C@H](CO)[C@H](O)C(O)C2O)[C@H](O)C(O)C1O. The molecule has 15 heteroatoms. The lowest BCUT2D eigenvalue weighted by atomic mass is 9.98. The van der Waals surface area contributed by atoms with Gasteiger partial charge in [0.15, 0.2) is 18.7 Å². The first-order chi connectivity index (χ1) is 34.0. The molecule has 0 saturated carbocycles. The predicted molar refractivity (Wildman–Crippen MR) is 271 cm³/mol. The van der Waals surface area contributed by atoms with Gasteiger partial charge in [0, 0.05) is 12.5 Å². The van der Waals surface area contributed by atoms with Crippen LogP contribution >= 0.6 is 0 Å². The van der Waals surface area contributed by atoms with Gasteiger partial charge in [-0.05, 0) is 19.3 Å². The molecular weight excluding hydrogens is 901 g/mol. The maximum Gasteiger partial charge on any atom is 0.331 e. The molecule has 4 unspecified atom stereocenters. The third-order valence-electron chi connectivity index (χ3n) is 13.5. The van der Waals surface area contributed by atoms with E-state index in [2.05, 4.69) is 13.8 Å². The van der Waals surface area contributed by atoms with Crippen molar-refractivity contribution in [3.8, 4) is 0 Å². The van der Waals surface area contributed by atoms with E-state index in [4.69, 9.17) is 28.4 Å². The molecule has 0 bridgehead atoms. The number of aliphatic hydroxyl groups excluding tert-OH is 7. The Kier molecular flexibility index (Phi) is 38.8. The molecule has 15 nitrogen and oxygen atoms in total. The maximum atomic E-state index is 12.9. The second kappa shape index (κ2) is 42.3. The second-order valence-corrected chi connectivity index (χ2v) is 19.8. The van der Waals surface area contributed by atoms with Gasteiger partial charge >= 0.3 is 11.9 Å². The summed E-state index contributed by atoms with van der Waals surface area (Å²) in [5.74, 6) is -1.17. The molecule has 0 radical (unpaired) electrons. The lowest BCUT2D eigenvalue weighted by Crippen LogP contribution is -2.61. The van der Waals surface area contributed by atoms with Crippen LogP contribution in [0.3, 0.4) is 0 Å². The average molecular weight is 1000 g/mol. The van der Waals surface area contributed by atoms with Crippen LogP contribution in [0.25, 0.3) is 0 Å². The van der Waals surface area contributed by atoms with Crippen molar-refractivity contribution in [3.63, 3.8) is 0 Å². The van der Waals surface area contributed by atoms with Crippen molar-refractivity contribution in [1.29, 1.82) is 0 Å². The van der Waals surface area contributed by atoms with Gasteiger partial charge in [0.25, 0.3) is 0 Å². The van der Waals surface area contributed by atoms with Crippen molar-refractivity contribution in [2.75, 3.05) is 26.4 Å². The molecule has 0 aromatic rings. The van der Waals surface area contributed by atoms with Crippen LogP contribution in [0.15, 0.2) is 24.3 Å². The highest BCUT2D eigenvalue weighted by Gasteiger charge is 2.47. The number of carbonyl (C=O) groups is 2. The molecule has 2 fully saturated rings. The number of carbonyl (C=O) groups excluding carboxylic acids is 2. The summed E-state index contributed by atoms with van der Waals surface area (Å²) in [7, 11) is 0. The topological polar surface area (TPSA) is 231 Å². The Morgan fingerprint density at radius 3 is 1.37 bits per heavy atom. The Morgan fingerprint density at radius 1 is 0.486 bits per heavy atom. The molecule has 0 aliphatic carbocycles. The number of allylic oxidation sites excluding steroid dienone is 3. The Hall–Kier alpha value is -2.02. The molecule has 0 spiro atoms. The van der Waals surface area contributed by atoms with E-state index in [0.29, 0.717) is 6.42 Å². The van der Waals surface area contributed by atoms with Crippen LogP contribution < -0.4 is 0 Å². The smallest absolute Gasteiger partial charge is 0.331 e. The van der Waals surface area contributed by atoms with Crippen LogP contribution in [0.1, 0.15) is 219 Å². The fraction of sp³-hybridized carbons (Fsp3) is 0.891. The highest BCUT2D eigenvalue weighted by Crippen LogP contribution is 2.27. The normalized spacial score (nSPS) is 25.5. The number of unbranched alkanes of at least 4 members (excludes halogenated alkanes) is 29. The van der Waals surface area contributed by atoms with Gasteiger partial charge in [-0.1, -0.05) is 212 Å². The number of ether oxygens (including phenoxy) is 6. The standard InChI is InChI=1S/C55H100O15/c1-3-5-7-9-11-13-15-17-19-20-21-22-24-25-27-29-31-33-35-37-46(57)65-40-43(68-47(58)38-36-34-32-30-28-26-23-18-16-14-12-10-8-6-4-2)41-66-54-53(64)51(62)49(60)45(70-54)42-67-55-52(63)50(61)48(59)44(39-56)69-55/h32,34,36,38,43-45,48-56,59-64H,3-31,33,35,37,39-42H2,1-2H3/b34-32+,38-36+/t43-,44+,45+,48-,49-,50?,51?,52?,53?,54+,55+/m0/s1. The number of esters is 2. The molecule has 2 rings (SSSR count). The third kappa shape index (κ3) is 29.6. The lowest BCUT2D eigenvalue weighted by molar-refractivity contribution is -0.332. The maximum absolute atomic E-state index is 12.9. The zero-order chi connectivity index (χ0) is 51.0. The average Bonchev–Trinajstić information content (AvgIpc) is 3.35. The monoisotopic (exact) mass is 1000 g/mol. The van der Waals surface area contributed by atoms with Crippen LogP contribution in [0.4, 0.5) is 0 Å². The van der Waals surface area contributed by atoms with Gasteiger partial charge in [-0.3, -0.25) is 4.79 Å². The summed E-state index contributed by atoms with van der Waals surface area (Å²) < 4.78 is 33.4. The second-order valence-electron chi connectivity index (χ2n) is 19.8. The molecule has 2 aliphatic heterocycles. The minimum atomic E-state index is -1.78. The lowest BCUT2D eigenvalue weighted by Gasteiger charge is -2.42. The highest BCUT2D eigenvalue weighted by molar-refractivity contribution is 5.82. The first kappa shape index (κ1) is 64.1. The predicted octanol–water partition coefficient (Wildman–Crippen LogP) is 8.72. The van der Waals surface area contributed by atoms with E-state index in [1.807, 2.05) is 6.08 Å². The molecule has 0 aromatic heterocycles. The summed E-state index contributed by atoms with van der Waals surface area (Å²) in [6.45, 7) is 2.51. The largest absolute Gasteiger partial charge is 0.462 e. The van der Waals surface area contributed by atoms with E-state index < -0.39 is 99.3 Å². The third-order valence-corrected chi connectivity index (χ3v) is 13.5. The summed E-state index contributed by atoms with van der Waals surface area (Å²) >= 11 is 0. The Balaban J connectivity index is 1.79. The molecule has 70 heavy (non-hydrogen) atoms. The van der Waals surface area contributed by atoms with Crippen molar-refractivity contribution >= 4 is 11.9 Å². The van der Waals surface area contributed by atoms with Crippen molar-refractivity contribution in [1.82, 2.24) is 0 Å². The zero-order valence-electron chi connectivity index (χ0n) is 43.5. The Bertz CT molecular complexity index is 1310. The molecule has 7 N–H and O–H groups in total. The van der Waals surface area contributed by atoms with Gasteiger partial charge in [-0.15, -0.1) is 0 Å². The number of hydrogen-bond donors (Lipinski definition) is 7. The summed E-state index contributed by atoms with van der Waals surface area (Å²) in [5.41, 5.74) is 0. The fourth-order valence-electron chi connectivity index (χ4n) is 8.95. The summed E-state index contributed by atoms with van der Waals surface area (Å²) in [5, 5.41) is 72.1. The fourth-order valence-corrected chi connectivity index (χ4v) is 8.95. The number of aliphatic hydroxyl groups is 7. The summed E-state index contributed by atoms with van der Waals surface area (Å²) in [6, 6.07) is 0. The zero-order valence-corrected chi connectivity index (χ0v) is 43.5. The minimum Gasteiger partial charge on any atom is -0.462 e. The number of hydrogen-bond acceptors (Lipinski definition) is 15. The van der Waals surface area contributed by atoms with E-state index in [1.54, 1.807) is 12.2 Å². The highest BCUT2D eigenvalue weighted by atomic mass is 16.7. The minimum absolute atomic E-state index is 0.203. The van der Waals surface area contributed by atoms with Gasteiger partial charge in [-0.25, -0.2) is 4.79 Å². The molecule has 2 saturated heterocycles. The van der Waals surface area contributed by atoms with Gasteiger partial charge in [0.1, 0.15) is 55.4 Å². The summed E-state index contributed by atoms with van der Waals surface area (Å²) in [6.07, 6.45) is 28.4. The Morgan fingerprint density at radius 2 is 0.900 bits per heavy atom. The quantitative estimate of drug-likeness (QED) is 0.0131. The van der Waals surface area contributed by atoms with E-state index >= 15 is 0 Å². The first-order valence-electron chi connectivity index (χ1n) is 28.0. The van der Waals surface area contributed by atoms with E-state index in [9.17, 15) is 45.3 Å². The van der Waals surface area contributed by atoms with Crippen LogP contribution in [-0.2, 0) is 38.0 Å². The van der Waals surface area contributed by atoms with Crippen LogP contribution in [0.2, 0.25) is 0 Å². The van der Waals surface area contributed by atoms with E-state index in [-0.39, 0.29) is 13.0 Å². The van der Waals surface area contributed by atoms with Gasteiger partial charge in [0.05, 0.1) is 19.8 Å².